The van der Waals surface area contributed by atoms with Crippen molar-refractivity contribution in [3.63, 3.8) is 0 Å². The molecule has 1 spiro atoms. The highest BCUT2D eigenvalue weighted by molar-refractivity contribution is 8.77. The molecule has 5 fully saturated rings. The molecule has 22 rings (SSSR count). The van der Waals surface area contributed by atoms with E-state index < -0.39 is 70.1 Å². The lowest BCUT2D eigenvalue weighted by atomic mass is 9.36. The van der Waals surface area contributed by atoms with Gasteiger partial charge in [-0.2, -0.15) is 0 Å². The van der Waals surface area contributed by atoms with E-state index in [1.165, 1.54) is 28.8 Å². The smallest absolute Gasteiger partial charge is 0.317 e. The normalized spacial score (nSPS) is 35.5. The molecule has 16 heteroatoms. The van der Waals surface area contributed by atoms with Crippen LogP contribution in [-0.4, -0.2) is 92.0 Å². The zero-order valence-electron chi connectivity index (χ0n) is 56.5. The molecule has 5 saturated carbocycles. The topological polar surface area (TPSA) is 184 Å². The summed E-state index contributed by atoms with van der Waals surface area (Å²) in [6.07, 6.45) is 3.33. The third-order valence-electron chi connectivity index (χ3n) is 26.9. The van der Waals surface area contributed by atoms with E-state index in [1.807, 2.05) is 47.2 Å². The molecule has 5 heterocycles. The first kappa shape index (κ1) is 64.9. The summed E-state index contributed by atoms with van der Waals surface area (Å²) in [6, 6.07) is 50.7. The van der Waals surface area contributed by atoms with Crippen LogP contribution in [0.25, 0.3) is 32.7 Å². The second-order valence-corrected chi connectivity index (χ2v) is 36.4. The van der Waals surface area contributed by atoms with Gasteiger partial charge in [0.25, 0.3) is 0 Å². The SMILES string of the molecule is COc1cc2c(cc1O)C1CC(O)C3Cc4cc(O)c5cc4C4CC(CC(OC(C)=O)C(C2)C1(c1ccc2ccccc2c1)C43)OC(=O)C12c3ccc4cc(O)cc(c4c3)-c3cccc(c3)CNC3CCC4C6CCC1C(CSSC(O)CO5)C1C(C#CC3Cc3ccccc3CSSC41)C62. The van der Waals surface area contributed by atoms with E-state index in [1.54, 1.807) is 24.0 Å². The van der Waals surface area contributed by atoms with Crippen molar-refractivity contribution in [2.24, 2.45) is 65.1 Å². The molecular formula is C85H83NO11S4. The maximum atomic E-state index is 18.4. The van der Waals surface area contributed by atoms with E-state index in [9.17, 15) is 30.3 Å². The number of carbonyl (C=O) groups excluding carboxylic acids is 2. The molecule has 0 radical (unpaired) electrons. The maximum Gasteiger partial charge on any atom is 0.317 e. The number of aromatic hydroxyl groups is 3. The van der Waals surface area contributed by atoms with Gasteiger partial charge in [-0.05, 0) is 248 Å². The Morgan fingerprint density at radius 1 is 0.673 bits per heavy atom. The molecular weight excluding hydrogens is 1340 g/mol. The number of hydrogen-bond donors (Lipinski definition) is 6. The number of aliphatic hydroxyl groups excluding tert-OH is 2. The molecule has 0 aromatic heterocycles. The van der Waals surface area contributed by atoms with Crippen molar-refractivity contribution in [3.8, 4) is 51.7 Å². The Balaban J connectivity index is 0.873. The van der Waals surface area contributed by atoms with Crippen LogP contribution in [0.15, 0.2) is 146 Å². The summed E-state index contributed by atoms with van der Waals surface area (Å²) >= 11 is 0. The molecule has 5 aliphatic heterocycles. The average Bonchev–Trinajstić information content (AvgIpc) is 0.699. The Morgan fingerprint density at radius 3 is 2.37 bits per heavy atom. The van der Waals surface area contributed by atoms with Gasteiger partial charge in [0.15, 0.2) is 23.0 Å². The van der Waals surface area contributed by atoms with Gasteiger partial charge in [-0.1, -0.05) is 152 Å². The van der Waals surface area contributed by atoms with Gasteiger partial charge in [-0.3, -0.25) is 9.59 Å². The minimum atomic E-state index is -1.29. The third kappa shape index (κ3) is 10.3. The molecule has 21 unspecified atom stereocenters. The predicted octanol–water partition coefficient (Wildman–Crippen LogP) is 15.5. The Kier molecular flexibility index (Phi) is 16.2. The second-order valence-electron chi connectivity index (χ2n) is 31.3. The highest BCUT2D eigenvalue weighted by Gasteiger charge is 2.73. The molecule has 0 amide bonds. The zero-order chi connectivity index (χ0) is 68.3. The number of rotatable bonds is 3. The fourth-order valence-corrected chi connectivity index (χ4v) is 29.1. The van der Waals surface area contributed by atoms with Gasteiger partial charge in [0, 0.05) is 65.9 Å². The Bertz CT molecular complexity index is 4760. The molecule has 19 bridgehead atoms. The van der Waals surface area contributed by atoms with Crippen LogP contribution in [0.4, 0.5) is 0 Å². The van der Waals surface area contributed by atoms with Gasteiger partial charge in [-0.15, -0.1) is 0 Å². The van der Waals surface area contributed by atoms with E-state index >= 15 is 4.79 Å². The van der Waals surface area contributed by atoms with Crippen LogP contribution in [-0.2, 0) is 61.5 Å². The molecule has 6 N–H and O–H groups in total. The number of methoxy groups -OCH3 is 1. The summed E-state index contributed by atoms with van der Waals surface area (Å²) in [7, 11) is 8.64. The van der Waals surface area contributed by atoms with Gasteiger partial charge in [0.05, 0.1) is 13.2 Å². The van der Waals surface area contributed by atoms with E-state index in [4.69, 9.17) is 18.9 Å². The molecule has 21 atom stereocenters. The summed E-state index contributed by atoms with van der Waals surface area (Å²) in [5.41, 5.74) is 8.01. The van der Waals surface area contributed by atoms with Crippen LogP contribution in [0.1, 0.15) is 114 Å². The van der Waals surface area contributed by atoms with Gasteiger partial charge in [-0.25, -0.2) is 0 Å². The highest BCUT2D eigenvalue weighted by atomic mass is 33.1. The zero-order valence-corrected chi connectivity index (χ0v) is 59.8. The number of aliphatic hydroxyl groups is 2. The molecule has 0 saturated heterocycles. The number of esters is 2. The summed E-state index contributed by atoms with van der Waals surface area (Å²) in [5.74, 6) is 7.12. The van der Waals surface area contributed by atoms with Crippen molar-refractivity contribution in [2.45, 2.75) is 141 Å². The van der Waals surface area contributed by atoms with Crippen LogP contribution >= 0.6 is 43.2 Å². The van der Waals surface area contributed by atoms with Crippen molar-refractivity contribution < 1.29 is 54.1 Å². The fourth-order valence-electron chi connectivity index (χ4n) is 23.3. The number of hydrogen-bond acceptors (Lipinski definition) is 16. The number of carbonyl (C=O) groups is 2. The van der Waals surface area contributed by atoms with Crippen molar-refractivity contribution in [1.82, 2.24) is 5.32 Å². The van der Waals surface area contributed by atoms with Crippen LogP contribution in [0, 0.1) is 76.9 Å². The lowest BCUT2D eigenvalue weighted by Gasteiger charge is -2.68. The number of ether oxygens (including phenoxy) is 4. The molecule has 9 aliphatic carbocycles. The Hall–Kier alpha value is -6.94. The fraction of sp³-hybridized carbons (Fsp3) is 0.435. The summed E-state index contributed by atoms with van der Waals surface area (Å²) in [6.45, 7) is 2.03. The number of phenols is 3. The van der Waals surface area contributed by atoms with Crippen LogP contribution in [0.5, 0.6) is 28.7 Å². The van der Waals surface area contributed by atoms with E-state index in [-0.39, 0.29) is 107 Å². The van der Waals surface area contributed by atoms with Gasteiger partial charge in [0.2, 0.25) is 0 Å². The molecule has 14 aliphatic rings. The number of benzene rings is 8. The van der Waals surface area contributed by atoms with Gasteiger partial charge >= 0.3 is 11.9 Å². The first-order valence-corrected chi connectivity index (χ1v) is 41.4. The van der Waals surface area contributed by atoms with Gasteiger partial charge in [0.1, 0.15) is 35.4 Å². The number of phenolic OH excluding ortho intramolecular Hbond substituents is 3. The first-order valence-electron chi connectivity index (χ1n) is 36.6. The summed E-state index contributed by atoms with van der Waals surface area (Å²) < 4.78 is 27.7. The Labute approximate surface area is 605 Å². The van der Waals surface area contributed by atoms with E-state index in [2.05, 4.69) is 131 Å². The monoisotopic (exact) mass is 1420 g/mol. The van der Waals surface area contributed by atoms with E-state index in [0.29, 0.717) is 37.3 Å². The molecule has 101 heavy (non-hydrogen) atoms. The number of fused-ring (bicyclic) bond motifs is 8. The third-order valence-corrected chi connectivity index (χ3v) is 32.2. The number of nitrogens with one attached hydrogen (secondary N) is 1. The quantitative estimate of drug-likeness (QED) is 0.0557. The predicted molar refractivity (Wildman–Crippen MR) is 399 cm³/mol. The summed E-state index contributed by atoms with van der Waals surface area (Å²) in [5, 5.41) is 70.0. The standard InChI is InChI=1S/C85H83NO11S4/c1-43(87)96-75-35-57-34-65-63-37-77(73(90)30-52(63)28-66-72(89)38-69-64-36-74(91)76(94-2)31-53(64)29-70(75)84(69,81(65)66)54-17-14-45-9-3-4-11-47(45)26-54)95-40-78(92)100-99-42-67-68-22-20-58-59-21-23-71-50-16-19-60(79(67)82(59)101-98-41-51-12-6-5-10-46(51)25-50)80(58)85(68,83(93)97-57)55-18-15-49-27-56(88)33-62(61(49)32-55)48-13-7-8-44(24-48)39-86-71/h3-15,17-18,24,26-27,30-33,36-37,50,57-60,65-72,75,78-82,86,88-92H,20-23,25,28-29,34-35,38-42H2,1-2H3. The molecule has 12 nitrogen and oxygen atoms in total. The van der Waals surface area contributed by atoms with Crippen LogP contribution in [0.3, 0.4) is 0 Å². The second kappa shape index (κ2) is 25.2. The maximum absolute atomic E-state index is 18.4. The van der Waals surface area contributed by atoms with Crippen molar-refractivity contribution in [1.29, 1.82) is 0 Å². The van der Waals surface area contributed by atoms with E-state index in [0.717, 1.165) is 109 Å². The Morgan fingerprint density at radius 2 is 1.50 bits per heavy atom. The van der Waals surface area contributed by atoms with Gasteiger partial charge < -0.3 is 49.8 Å². The van der Waals surface area contributed by atoms with Crippen LogP contribution in [0.2, 0.25) is 0 Å². The van der Waals surface area contributed by atoms with Crippen molar-refractivity contribution >= 4 is 76.7 Å². The highest BCUT2D eigenvalue weighted by Crippen LogP contribution is 2.73. The first-order chi connectivity index (χ1) is 49.2. The lowest BCUT2D eigenvalue weighted by Crippen LogP contribution is -2.71. The molecule has 518 valence electrons. The lowest BCUT2D eigenvalue weighted by molar-refractivity contribution is -0.195. The molecule has 8 aromatic rings. The largest absolute Gasteiger partial charge is 0.508 e. The molecule has 8 aromatic carbocycles. The van der Waals surface area contributed by atoms with Crippen LogP contribution < -0.4 is 14.8 Å². The van der Waals surface area contributed by atoms with Crippen molar-refractivity contribution in [3.05, 3.63) is 196 Å². The van der Waals surface area contributed by atoms with Crippen molar-refractivity contribution in [2.75, 3.05) is 19.5 Å². The average molecular weight is 1420 g/mol. The minimum Gasteiger partial charge on any atom is -0.508 e. The summed E-state index contributed by atoms with van der Waals surface area (Å²) in [4.78, 5) is 32.9. The minimum absolute atomic E-state index is 0.00158.